The van der Waals surface area contributed by atoms with Gasteiger partial charge in [0.15, 0.2) is 0 Å². The van der Waals surface area contributed by atoms with Crippen molar-refractivity contribution in [1.82, 2.24) is 0 Å². The Morgan fingerprint density at radius 1 is 1.33 bits per heavy atom. The van der Waals surface area contributed by atoms with Crippen LogP contribution in [0.1, 0.15) is 42.3 Å². The highest BCUT2D eigenvalue weighted by Gasteiger charge is 2.31. The minimum Gasteiger partial charge on any atom is -0.506 e. The van der Waals surface area contributed by atoms with Crippen molar-refractivity contribution in [3.63, 3.8) is 0 Å². The number of carboxylic acid groups (broad SMARTS) is 1. The first kappa shape index (κ1) is 12.5. The lowest BCUT2D eigenvalue weighted by atomic mass is 9.91. The number of carboxylic acids is 1. The first-order valence-corrected chi connectivity index (χ1v) is 5.71. The molecule has 0 fully saturated rings. The lowest BCUT2D eigenvalue weighted by Crippen LogP contribution is -2.32. The van der Waals surface area contributed by atoms with Gasteiger partial charge in [-0.25, -0.2) is 4.79 Å². The average molecular weight is 248 g/mol. The minimum absolute atomic E-state index is 0.0985. The van der Waals surface area contributed by atoms with Gasteiger partial charge in [0, 0.05) is 0 Å². The van der Waals surface area contributed by atoms with Gasteiger partial charge in [0.1, 0.15) is 22.7 Å². The van der Waals surface area contributed by atoms with Gasteiger partial charge in [0.25, 0.3) is 0 Å². The molecule has 0 aliphatic carbocycles. The predicted molar refractivity (Wildman–Crippen MR) is 68.2 cm³/mol. The normalized spacial score (nSPS) is 16.6. The van der Waals surface area contributed by atoms with Crippen molar-refractivity contribution in [3.8, 4) is 11.5 Å². The molecule has 2 rings (SSSR count). The Morgan fingerprint density at radius 2 is 1.94 bits per heavy atom. The molecule has 0 saturated carbocycles. The second-order valence-electron chi connectivity index (χ2n) is 5.08. The zero-order valence-electron chi connectivity index (χ0n) is 10.9. The minimum atomic E-state index is -1.14. The molecule has 1 aliphatic heterocycles. The third-order valence-corrected chi connectivity index (χ3v) is 3.37. The highest BCUT2D eigenvalue weighted by molar-refractivity contribution is 5.94. The Hall–Kier alpha value is -1.97. The number of hydrogen-bond donors (Lipinski definition) is 2. The lowest BCUT2D eigenvalue weighted by molar-refractivity contribution is 0.0693. The van der Waals surface area contributed by atoms with Gasteiger partial charge in [-0.1, -0.05) is 0 Å². The van der Waals surface area contributed by atoms with Crippen LogP contribution in [0.3, 0.4) is 0 Å². The summed E-state index contributed by atoms with van der Waals surface area (Å²) in [6.07, 6.45) is 1.79. The molecule has 0 unspecified atom stereocenters. The van der Waals surface area contributed by atoms with E-state index >= 15 is 0 Å². The molecule has 0 aromatic heterocycles. The summed E-state index contributed by atoms with van der Waals surface area (Å²) < 4.78 is 5.86. The quantitative estimate of drug-likeness (QED) is 0.801. The van der Waals surface area contributed by atoms with E-state index in [9.17, 15) is 9.90 Å². The van der Waals surface area contributed by atoms with Crippen LogP contribution in [0.5, 0.6) is 11.5 Å². The molecule has 18 heavy (non-hydrogen) atoms. The van der Waals surface area contributed by atoms with E-state index in [2.05, 4.69) is 0 Å². The standard InChI is InChI=1S/C14H16O4/c1-7-5-10(13(16)17)11(15)9-6-8(2)14(3,4)18-12(7)9/h5-6,15H,1-4H3,(H,16,17). The maximum absolute atomic E-state index is 11.0. The van der Waals surface area contributed by atoms with Crippen molar-refractivity contribution >= 4 is 12.0 Å². The van der Waals surface area contributed by atoms with Gasteiger partial charge < -0.3 is 14.9 Å². The molecule has 0 atom stereocenters. The summed E-state index contributed by atoms with van der Waals surface area (Å²) in [5.41, 5.74) is 1.54. The predicted octanol–water partition coefficient (Wildman–Crippen LogP) is 2.97. The first-order valence-electron chi connectivity index (χ1n) is 5.71. The molecule has 0 radical (unpaired) electrons. The van der Waals surface area contributed by atoms with Gasteiger partial charge >= 0.3 is 5.97 Å². The van der Waals surface area contributed by atoms with Crippen molar-refractivity contribution in [2.45, 2.75) is 33.3 Å². The van der Waals surface area contributed by atoms with Crippen LogP contribution in [0.2, 0.25) is 0 Å². The van der Waals surface area contributed by atoms with E-state index < -0.39 is 11.6 Å². The van der Waals surface area contributed by atoms with E-state index in [1.54, 1.807) is 13.0 Å². The molecule has 2 N–H and O–H groups in total. The Labute approximate surface area is 106 Å². The van der Waals surface area contributed by atoms with Crippen molar-refractivity contribution in [2.75, 3.05) is 0 Å². The number of hydrogen-bond acceptors (Lipinski definition) is 3. The smallest absolute Gasteiger partial charge is 0.339 e. The van der Waals surface area contributed by atoms with Crippen LogP contribution in [0.15, 0.2) is 11.6 Å². The van der Waals surface area contributed by atoms with Gasteiger partial charge in [-0.15, -0.1) is 0 Å². The number of aromatic carboxylic acids is 1. The summed E-state index contributed by atoms with van der Waals surface area (Å²) in [6.45, 7) is 7.53. The molecule has 1 heterocycles. The number of fused-ring (bicyclic) bond motifs is 1. The van der Waals surface area contributed by atoms with Gasteiger partial charge in [0.05, 0.1) is 5.56 Å². The molecule has 1 aromatic rings. The number of ether oxygens (including phenoxy) is 1. The monoisotopic (exact) mass is 248 g/mol. The van der Waals surface area contributed by atoms with Crippen molar-refractivity contribution in [2.24, 2.45) is 0 Å². The summed E-state index contributed by atoms with van der Waals surface area (Å²) in [5.74, 6) is -0.833. The van der Waals surface area contributed by atoms with Crippen molar-refractivity contribution in [3.05, 3.63) is 28.3 Å². The average Bonchev–Trinajstić information content (AvgIpc) is 2.25. The SMILES string of the molecule is CC1=Cc2c(O)c(C(=O)O)cc(C)c2OC1(C)C. The molecule has 0 saturated heterocycles. The van der Waals surface area contributed by atoms with E-state index in [0.717, 1.165) is 5.57 Å². The van der Waals surface area contributed by atoms with Gasteiger partial charge in [-0.05, 0) is 51.0 Å². The fourth-order valence-corrected chi connectivity index (χ4v) is 1.97. The molecule has 4 heteroatoms. The summed E-state index contributed by atoms with van der Waals surface area (Å²) in [7, 11) is 0. The fourth-order valence-electron chi connectivity index (χ4n) is 1.97. The molecular weight excluding hydrogens is 232 g/mol. The fraction of sp³-hybridized carbons (Fsp3) is 0.357. The number of phenols is 1. The largest absolute Gasteiger partial charge is 0.506 e. The van der Waals surface area contributed by atoms with Crippen LogP contribution >= 0.6 is 0 Å². The number of rotatable bonds is 1. The van der Waals surface area contributed by atoms with Crippen molar-refractivity contribution in [1.29, 1.82) is 0 Å². The number of aryl methyl sites for hydroxylation is 1. The summed E-state index contributed by atoms with van der Waals surface area (Å²) >= 11 is 0. The Morgan fingerprint density at radius 3 is 2.50 bits per heavy atom. The Kier molecular flexibility index (Phi) is 2.61. The van der Waals surface area contributed by atoms with Gasteiger partial charge in [0.2, 0.25) is 0 Å². The topological polar surface area (TPSA) is 66.8 Å². The second kappa shape index (κ2) is 3.77. The second-order valence-corrected chi connectivity index (χ2v) is 5.08. The van der Waals surface area contributed by atoms with E-state index in [-0.39, 0.29) is 11.3 Å². The molecule has 1 aromatic carbocycles. The van der Waals surface area contributed by atoms with Crippen LogP contribution in [-0.4, -0.2) is 21.8 Å². The highest BCUT2D eigenvalue weighted by atomic mass is 16.5. The van der Waals surface area contributed by atoms with E-state index in [1.807, 2.05) is 20.8 Å². The Balaban J connectivity index is 2.74. The molecule has 0 spiro atoms. The third-order valence-electron chi connectivity index (χ3n) is 3.37. The molecule has 0 bridgehead atoms. The first-order chi connectivity index (χ1) is 8.24. The molecular formula is C14H16O4. The molecule has 1 aliphatic rings. The summed E-state index contributed by atoms with van der Waals surface area (Å²) in [5, 5.41) is 19.1. The lowest BCUT2D eigenvalue weighted by Gasteiger charge is -2.33. The number of carbonyl (C=O) groups is 1. The highest BCUT2D eigenvalue weighted by Crippen LogP contribution is 2.43. The molecule has 4 nitrogen and oxygen atoms in total. The van der Waals surface area contributed by atoms with E-state index in [0.29, 0.717) is 16.9 Å². The Bertz CT molecular complexity index is 568. The number of benzene rings is 1. The maximum Gasteiger partial charge on any atom is 0.339 e. The third kappa shape index (κ3) is 1.74. The van der Waals surface area contributed by atoms with Crippen LogP contribution < -0.4 is 4.74 Å². The maximum atomic E-state index is 11.0. The zero-order valence-corrected chi connectivity index (χ0v) is 10.9. The summed E-state index contributed by atoms with van der Waals surface area (Å²) in [6, 6.07) is 1.43. The van der Waals surface area contributed by atoms with E-state index in [1.165, 1.54) is 6.07 Å². The molecule has 96 valence electrons. The molecule has 0 amide bonds. The zero-order chi connectivity index (χ0) is 13.7. The van der Waals surface area contributed by atoms with Gasteiger partial charge in [-0.2, -0.15) is 0 Å². The van der Waals surface area contributed by atoms with Crippen LogP contribution in [0, 0.1) is 6.92 Å². The van der Waals surface area contributed by atoms with Crippen LogP contribution in [0.4, 0.5) is 0 Å². The summed E-state index contributed by atoms with van der Waals surface area (Å²) in [4.78, 5) is 11.0. The van der Waals surface area contributed by atoms with E-state index in [4.69, 9.17) is 9.84 Å². The van der Waals surface area contributed by atoms with Crippen molar-refractivity contribution < 1.29 is 19.7 Å². The number of aromatic hydroxyl groups is 1. The van der Waals surface area contributed by atoms with Crippen LogP contribution in [-0.2, 0) is 0 Å². The van der Waals surface area contributed by atoms with Gasteiger partial charge in [-0.3, -0.25) is 0 Å². The van der Waals surface area contributed by atoms with Crippen LogP contribution in [0.25, 0.3) is 6.08 Å².